The molecule has 2 saturated heterocycles. The van der Waals surface area contributed by atoms with E-state index in [9.17, 15) is 4.79 Å². The molecule has 2 aliphatic heterocycles. The van der Waals surface area contributed by atoms with Crippen LogP contribution in [0.15, 0.2) is 42.7 Å². The van der Waals surface area contributed by atoms with E-state index < -0.39 is 0 Å². The quantitative estimate of drug-likeness (QED) is 0.872. The van der Waals surface area contributed by atoms with Crippen molar-refractivity contribution in [2.45, 2.75) is 37.9 Å². The van der Waals surface area contributed by atoms with E-state index in [1.54, 1.807) is 10.9 Å². The second kappa shape index (κ2) is 5.81. The van der Waals surface area contributed by atoms with Crippen LogP contribution in [-0.2, 0) is 18.4 Å². The second-order valence-corrected chi connectivity index (χ2v) is 6.55. The Kier molecular flexibility index (Phi) is 3.65. The van der Waals surface area contributed by atoms with E-state index in [0.717, 1.165) is 31.6 Å². The van der Waals surface area contributed by atoms with Gasteiger partial charge >= 0.3 is 0 Å². The first-order valence-electron chi connectivity index (χ1n) is 8.31. The molecule has 0 saturated carbocycles. The highest BCUT2D eigenvalue weighted by atomic mass is 16.2. The van der Waals surface area contributed by atoms with Gasteiger partial charge in [0.05, 0.1) is 17.9 Å². The van der Waals surface area contributed by atoms with Crippen molar-refractivity contribution >= 4 is 11.6 Å². The number of aromatic nitrogens is 2. The average Bonchev–Trinajstić information content (AvgIpc) is 3.15. The van der Waals surface area contributed by atoms with Crippen molar-refractivity contribution in [1.29, 1.82) is 0 Å². The maximum Gasteiger partial charge on any atom is 0.227 e. The van der Waals surface area contributed by atoms with Crippen LogP contribution in [0.3, 0.4) is 0 Å². The molecule has 2 aliphatic rings. The predicted octanol–water partition coefficient (Wildman–Crippen LogP) is 2.19. The Bertz CT molecular complexity index is 696. The molecule has 23 heavy (non-hydrogen) atoms. The number of amides is 1. The van der Waals surface area contributed by atoms with Crippen molar-refractivity contribution in [3.63, 3.8) is 0 Å². The second-order valence-electron chi connectivity index (χ2n) is 6.55. The van der Waals surface area contributed by atoms with Crippen molar-refractivity contribution in [2.75, 3.05) is 11.4 Å². The molecule has 1 aromatic carbocycles. The highest BCUT2D eigenvalue weighted by Gasteiger charge is 2.43. The minimum Gasteiger partial charge on any atom is -0.305 e. The number of nitrogens with zero attached hydrogens (tertiary/aromatic N) is 4. The lowest BCUT2D eigenvalue weighted by Gasteiger charge is -2.39. The zero-order valence-electron chi connectivity index (χ0n) is 13.4. The van der Waals surface area contributed by atoms with Crippen molar-refractivity contribution in [1.82, 2.24) is 14.7 Å². The summed E-state index contributed by atoms with van der Waals surface area (Å²) >= 11 is 0. The van der Waals surface area contributed by atoms with Gasteiger partial charge in [-0.3, -0.25) is 14.4 Å². The van der Waals surface area contributed by atoms with Gasteiger partial charge in [0.2, 0.25) is 5.91 Å². The summed E-state index contributed by atoms with van der Waals surface area (Å²) in [7, 11) is 1.89. The first-order chi connectivity index (χ1) is 11.2. The van der Waals surface area contributed by atoms with Gasteiger partial charge in [0, 0.05) is 38.8 Å². The lowest BCUT2D eigenvalue weighted by atomic mass is 9.95. The third kappa shape index (κ3) is 2.65. The van der Waals surface area contributed by atoms with E-state index in [1.807, 2.05) is 18.1 Å². The van der Waals surface area contributed by atoms with E-state index in [-0.39, 0.29) is 11.9 Å². The van der Waals surface area contributed by atoms with Gasteiger partial charge in [-0.15, -0.1) is 0 Å². The van der Waals surface area contributed by atoms with Crippen LogP contribution in [0.1, 0.15) is 24.8 Å². The Balaban J connectivity index is 1.55. The summed E-state index contributed by atoms with van der Waals surface area (Å²) in [6.45, 7) is 2.02. The molecular weight excluding hydrogens is 288 g/mol. The van der Waals surface area contributed by atoms with Gasteiger partial charge in [-0.2, -0.15) is 5.10 Å². The molecule has 1 amide bonds. The summed E-state index contributed by atoms with van der Waals surface area (Å²) in [5.41, 5.74) is 2.28. The van der Waals surface area contributed by atoms with E-state index in [0.29, 0.717) is 12.5 Å². The zero-order chi connectivity index (χ0) is 15.8. The third-order valence-corrected chi connectivity index (χ3v) is 5.08. The smallest absolute Gasteiger partial charge is 0.227 e. The standard InChI is InChI=1S/C18H22N4O/c1-20-13-15(11-19-20)22-17-9-10-21(16(17)7-8-18(22)23)12-14-5-3-2-4-6-14/h2-6,11,13,16-17H,7-10,12H2,1H3/t16-,17-/m1/s1. The molecule has 2 fully saturated rings. The maximum absolute atomic E-state index is 12.5. The fourth-order valence-electron chi connectivity index (χ4n) is 4.03. The van der Waals surface area contributed by atoms with Crippen LogP contribution in [0.5, 0.6) is 0 Å². The Morgan fingerprint density at radius 2 is 2.00 bits per heavy atom. The molecule has 0 aliphatic carbocycles. The minimum absolute atomic E-state index is 0.237. The lowest BCUT2D eigenvalue weighted by molar-refractivity contribution is -0.120. The van der Waals surface area contributed by atoms with Gasteiger partial charge in [-0.05, 0) is 18.4 Å². The van der Waals surface area contributed by atoms with Gasteiger partial charge in [-0.1, -0.05) is 30.3 Å². The topological polar surface area (TPSA) is 41.4 Å². The minimum atomic E-state index is 0.237. The molecule has 2 aromatic rings. The lowest BCUT2D eigenvalue weighted by Crippen LogP contribution is -2.52. The molecular formula is C18H22N4O. The largest absolute Gasteiger partial charge is 0.305 e. The Morgan fingerprint density at radius 1 is 1.17 bits per heavy atom. The summed E-state index contributed by atoms with van der Waals surface area (Å²) in [5, 5.41) is 4.24. The summed E-state index contributed by atoms with van der Waals surface area (Å²) in [4.78, 5) is 17.0. The normalized spacial score (nSPS) is 24.9. The first kappa shape index (κ1) is 14.5. The number of piperidine rings is 1. The molecule has 1 aromatic heterocycles. The Labute approximate surface area is 136 Å². The molecule has 0 unspecified atom stereocenters. The maximum atomic E-state index is 12.5. The van der Waals surface area contributed by atoms with Crippen LogP contribution in [0.2, 0.25) is 0 Å². The van der Waals surface area contributed by atoms with E-state index >= 15 is 0 Å². The van der Waals surface area contributed by atoms with E-state index in [2.05, 4.69) is 40.3 Å². The summed E-state index contributed by atoms with van der Waals surface area (Å²) in [6.07, 6.45) is 6.38. The molecule has 3 heterocycles. The number of hydrogen-bond donors (Lipinski definition) is 0. The summed E-state index contributed by atoms with van der Waals surface area (Å²) in [5.74, 6) is 0.237. The molecule has 0 spiro atoms. The third-order valence-electron chi connectivity index (χ3n) is 5.08. The number of aryl methyl sites for hydroxylation is 1. The number of carbonyl (C=O) groups is 1. The highest BCUT2D eigenvalue weighted by Crippen LogP contribution is 2.35. The van der Waals surface area contributed by atoms with Gasteiger partial charge in [0.25, 0.3) is 0 Å². The first-order valence-corrected chi connectivity index (χ1v) is 8.31. The van der Waals surface area contributed by atoms with Gasteiger partial charge < -0.3 is 4.90 Å². The van der Waals surface area contributed by atoms with Crippen molar-refractivity contribution < 1.29 is 4.79 Å². The SMILES string of the molecule is Cn1cc(N2C(=O)CC[C@@H]3[C@H]2CCN3Cc2ccccc2)cn1. The summed E-state index contributed by atoms with van der Waals surface area (Å²) < 4.78 is 1.77. The van der Waals surface area contributed by atoms with Crippen LogP contribution in [0, 0.1) is 0 Å². The molecule has 5 nitrogen and oxygen atoms in total. The Morgan fingerprint density at radius 3 is 2.74 bits per heavy atom. The monoisotopic (exact) mass is 310 g/mol. The van der Waals surface area contributed by atoms with Crippen LogP contribution in [-0.4, -0.2) is 39.2 Å². The van der Waals surface area contributed by atoms with Crippen molar-refractivity contribution in [2.24, 2.45) is 7.05 Å². The molecule has 0 N–H and O–H groups in total. The molecule has 0 bridgehead atoms. The molecule has 0 radical (unpaired) electrons. The Hall–Kier alpha value is -2.14. The van der Waals surface area contributed by atoms with Gasteiger partial charge in [0.15, 0.2) is 0 Å². The number of fused-ring (bicyclic) bond motifs is 1. The number of carbonyl (C=O) groups excluding carboxylic acids is 1. The number of anilines is 1. The van der Waals surface area contributed by atoms with Crippen molar-refractivity contribution in [3.05, 3.63) is 48.3 Å². The van der Waals surface area contributed by atoms with E-state index in [4.69, 9.17) is 0 Å². The highest BCUT2D eigenvalue weighted by molar-refractivity contribution is 5.94. The molecule has 5 heteroatoms. The fraction of sp³-hybridized carbons (Fsp3) is 0.444. The summed E-state index contributed by atoms with van der Waals surface area (Å²) in [6, 6.07) is 11.3. The predicted molar refractivity (Wildman–Crippen MR) is 89.0 cm³/mol. The van der Waals surface area contributed by atoms with E-state index in [1.165, 1.54) is 5.56 Å². The number of rotatable bonds is 3. The van der Waals surface area contributed by atoms with Crippen molar-refractivity contribution in [3.8, 4) is 0 Å². The number of hydrogen-bond acceptors (Lipinski definition) is 3. The van der Waals surface area contributed by atoms with Gasteiger partial charge in [-0.25, -0.2) is 0 Å². The fourth-order valence-corrected chi connectivity index (χ4v) is 4.03. The van der Waals surface area contributed by atoms with Crippen LogP contribution in [0.25, 0.3) is 0 Å². The van der Waals surface area contributed by atoms with Crippen LogP contribution in [0.4, 0.5) is 5.69 Å². The molecule has 2 atom stereocenters. The molecule has 120 valence electrons. The van der Waals surface area contributed by atoms with Gasteiger partial charge in [0.1, 0.15) is 0 Å². The zero-order valence-corrected chi connectivity index (χ0v) is 13.4. The molecule has 4 rings (SSSR count). The van der Waals surface area contributed by atoms with Crippen LogP contribution >= 0.6 is 0 Å². The number of likely N-dealkylation sites (tertiary alicyclic amines) is 1. The number of benzene rings is 1. The average molecular weight is 310 g/mol. The van der Waals surface area contributed by atoms with Crippen LogP contribution < -0.4 is 4.90 Å².